The van der Waals surface area contributed by atoms with Gasteiger partial charge in [-0.15, -0.1) is 10.2 Å². The van der Waals surface area contributed by atoms with Crippen LogP contribution in [0.2, 0.25) is 10.0 Å². The number of nitrogens with zero attached hydrogens (tertiary/aromatic N) is 3. The molecule has 0 radical (unpaired) electrons. The van der Waals surface area contributed by atoms with Gasteiger partial charge in [0, 0.05) is 19.2 Å². The molecule has 0 spiro atoms. The fraction of sp³-hybridized carbons (Fsp3) is 0.400. The lowest BCUT2D eigenvalue weighted by atomic mass is 10.2. The molecule has 1 aromatic heterocycles. The van der Waals surface area contributed by atoms with Gasteiger partial charge in [0.05, 0.1) is 29.8 Å². The smallest absolute Gasteiger partial charge is 0.238 e. The van der Waals surface area contributed by atoms with Gasteiger partial charge in [0.1, 0.15) is 6.04 Å². The van der Waals surface area contributed by atoms with Gasteiger partial charge in [-0.1, -0.05) is 23.2 Å². The van der Waals surface area contributed by atoms with E-state index in [0.29, 0.717) is 47.3 Å². The van der Waals surface area contributed by atoms with E-state index in [4.69, 9.17) is 32.4 Å². The lowest BCUT2D eigenvalue weighted by Gasteiger charge is -2.32. The van der Waals surface area contributed by atoms with Gasteiger partial charge in [-0.05, 0) is 18.2 Å². The molecule has 1 fully saturated rings. The lowest BCUT2D eigenvalue weighted by molar-refractivity contribution is -0.120. The van der Waals surface area contributed by atoms with E-state index in [9.17, 15) is 4.79 Å². The average Bonchev–Trinajstić information content (AvgIpc) is 2.98. The van der Waals surface area contributed by atoms with Crippen molar-refractivity contribution in [1.82, 2.24) is 15.1 Å². The van der Waals surface area contributed by atoms with Crippen LogP contribution in [0.3, 0.4) is 0 Å². The lowest BCUT2D eigenvalue weighted by Crippen LogP contribution is -2.43. The third-order valence-corrected chi connectivity index (χ3v) is 4.36. The van der Waals surface area contributed by atoms with Crippen LogP contribution < -0.4 is 5.32 Å². The minimum atomic E-state index is -0.237. The third kappa shape index (κ3) is 4.05. The van der Waals surface area contributed by atoms with Crippen LogP contribution in [0.4, 0.5) is 5.69 Å². The van der Waals surface area contributed by atoms with Crippen molar-refractivity contribution >= 4 is 34.8 Å². The quantitative estimate of drug-likeness (QED) is 0.890. The van der Waals surface area contributed by atoms with Gasteiger partial charge in [-0.25, -0.2) is 0 Å². The first-order valence-corrected chi connectivity index (χ1v) is 8.15. The summed E-state index contributed by atoms with van der Waals surface area (Å²) in [5, 5.41) is 11.5. The van der Waals surface area contributed by atoms with Crippen molar-refractivity contribution in [3.8, 4) is 0 Å². The first-order valence-electron chi connectivity index (χ1n) is 7.39. The van der Waals surface area contributed by atoms with Gasteiger partial charge in [0.2, 0.25) is 17.7 Å². The number of ether oxygens (including phenoxy) is 1. The molecule has 1 aromatic carbocycles. The van der Waals surface area contributed by atoms with E-state index in [1.54, 1.807) is 25.1 Å². The zero-order chi connectivity index (χ0) is 17.1. The number of rotatable bonds is 4. The molecule has 128 valence electrons. The topological polar surface area (TPSA) is 80.5 Å². The van der Waals surface area contributed by atoms with Crippen molar-refractivity contribution in [1.29, 1.82) is 0 Å². The first kappa shape index (κ1) is 17.2. The minimum absolute atomic E-state index is 0.170. The number of morpholine rings is 1. The maximum atomic E-state index is 12.3. The van der Waals surface area contributed by atoms with Gasteiger partial charge in [-0.3, -0.25) is 9.69 Å². The van der Waals surface area contributed by atoms with Gasteiger partial charge >= 0.3 is 0 Å². The Labute approximate surface area is 148 Å². The molecule has 3 rings (SSSR count). The maximum absolute atomic E-state index is 12.3. The molecule has 2 heterocycles. The SMILES string of the molecule is Cc1nnc(C2COCCN2CC(=O)Nc2ccc(Cl)c(Cl)c2)o1. The Kier molecular flexibility index (Phi) is 5.35. The maximum Gasteiger partial charge on any atom is 0.238 e. The summed E-state index contributed by atoms with van der Waals surface area (Å²) in [6.45, 7) is 3.45. The molecule has 1 unspecified atom stereocenters. The second-order valence-corrected chi connectivity index (χ2v) is 6.21. The van der Waals surface area contributed by atoms with Crippen LogP contribution in [0.15, 0.2) is 22.6 Å². The van der Waals surface area contributed by atoms with Crippen molar-refractivity contribution in [3.05, 3.63) is 40.0 Å². The number of nitrogens with one attached hydrogen (secondary N) is 1. The zero-order valence-corrected chi connectivity index (χ0v) is 14.5. The standard InChI is InChI=1S/C15H16Cl2N4O3/c1-9-19-20-15(24-9)13-8-23-5-4-21(13)7-14(22)18-10-2-3-11(16)12(17)6-10/h2-3,6,13H,4-5,7-8H2,1H3,(H,18,22). The number of aryl methyl sites for hydroxylation is 1. The van der Waals surface area contributed by atoms with Crippen LogP contribution in [0, 0.1) is 6.92 Å². The van der Waals surface area contributed by atoms with Crippen LogP contribution in [-0.4, -0.2) is 47.3 Å². The summed E-state index contributed by atoms with van der Waals surface area (Å²) >= 11 is 11.8. The summed E-state index contributed by atoms with van der Waals surface area (Å²) in [5.41, 5.74) is 0.591. The number of aromatic nitrogens is 2. The highest BCUT2D eigenvalue weighted by Gasteiger charge is 2.30. The summed E-state index contributed by atoms with van der Waals surface area (Å²) < 4.78 is 10.9. The summed E-state index contributed by atoms with van der Waals surface area (Å²) in [7, 11) is 0. The second kappa shape index (κ2) is 7.48. The van der Waals surface area contributed by atoms with Crippen LogP contribution in [0.5, 0.6) is 0 Å². The highest BCUT2D eigenvalue weighted by molar-refractivity contribution is 6.42. The van der Waals surface area contributed by atoms with Crippen LogP contribution in [-0.2, 0) is 9.53 Å². The van der Waals surface area contributed by atoms with E-state index in [-0.39, 0.29) is 18.5 Å². The van der Waals surface area contributed by atoms with Crippen molar-refractivity contribution in [2.75, 3.05) is 31.6 Å². The molecule has 1 amide bonds. The van der Waals surface area contributed by atoms with E-state index >= 15 is 0 Å². The molecule has 0 saturated carbocycles. The number of anilines is 1. The number of carbonyl (C=O) groups excluding carboxylic acids is 1. The average molecular weight is 371 g/mol. The summed E-state index contributed by atoms with van der Waals surface area (Å²) in [5.74, 6) is 0.766. The Morgan fingerprint density at radius 1 is 1.38 bits per heavy atom. The monoisotopic (exact) mass is 370 g/mol. The van der Waals surface area contributed by atoms with Crippen molar-refractivity contribution in [2.24, 2.45) is 0 Å². The van der Waals surface area contributed by atoms with Gasteiger partial charge < -0.3 is 14.5 Å². The largest absolute Gasteiger partial charge is 0.424 e. The van der Waals surface area contributed by atoms with E-state index in [1.807, 2.05) is 4.90 Å². The van der Waals surface area contributed by atoms with Crippen molar-refractivity contribution < 1.29 is 13.9 Å². The van der Waals surface area contributed by atoms with E-state index in [0.717, 1.165) is 0 Å². The summed E-state index contributed by atoms with van der Waals surface area (Å²) in [6.07, 6.45) is 0. The molecule has 24 heavy (non-hydrogen) atoms. The van der Waals surface area contributed by atoms with Gasteiger partial charge in [0.25, 0.3) is 0 Å². The van der Waals surface area contributed by atoms with Crippen molar-refractivity contribution in [3.63, 3.8) is 0 Å². The highest BCUT2D eigenvalue weighted by Crippen LogP contribution is 2.26. The predicted molar refractivity (Wildman–Crippen MR) is 89.3 cm³/mol. The molecule has 1 saturated heterocycles. The molecule has 9 heteroatoms. The Bertz CT molecular complexity index is 737. The molecular formula is C15H16Cl2N4O3. The summed E-state index contributed by atoms with van der Waals surface area (Å²) in [6, 6.07) is 4.71. The predicted octanol–water partition coefficient (Wildman–Crippen LogP) is 2.70. The molecule has 1 aliphatic rings. The molecule has 7 nitrogen and oxygen atoms in total. The Morgan fingerprint density at radius 3 is 2.92 bits per heavy atom. The molecule has 1 N–H and O–H groups in total. The van der Waals surface area contributed by atoms with Gasteiger partial charge in [-0.2, -0.15) is 0 Å². The number of benzene rings is 1. The number of hydrogen-bond acceptors (Lipinski definition) is 6. The third-order valence-electron chi connectivity index (χ3n) is 3.62. The van der Waals surface area contributed by atoms with Crippen LogP contribution >= 0.6 is 23.2 Å². The number of carbonyl (C=O) groups is 1. The fourth-order valence-corrected chi connectivity index (χ4v) is 2.76. The number of hydrogen-bond donors (Lipinski definition) is 1. The Hall–Kier alpha value is -1.67. The zero-order valence-electron chi connectivity index (χ0n) is 13.0. The number of halogens is 2. The molecule has 1 aliphatic heterocycles. The molecule has 2 aromatic rings. The molecule has 0 aliphatic carbocycles. The fourth-order valence-electron chi connectivity index (χ4n) is 2.46. The molecule has 1 atom stereocenters. The van der Waals surface area contributed by atoms with Crippen LogP contribution in [0.25, 0.3) is 0 Å². The minimum Gasteiger partial charge on any atom is -0.424 e. The first-order chi connectivity index (χ1) is 11.5. The Balaban J connectivity index is 1.66. The Morgan fingerprint density at radius 2 is 2.21 bits per heavy atom. The van der Waals surface area contributed by atoms with Crippen molar-refractivity contribution in [2.45, 2.75) is 13.0 Å². The van der Waals surface area contributed by atoms with Gasteiger partial charge in [0.15, 0.2) is 0 Å². The number of amides is 1. The van der Waals surface area contributed by atoms with E-state index < -0.39 is 0 Å². The van der Waals surface area contributed by atoms with E-state index in [1.165, 1.54) is 0 Å². The normalized spacial score (nSPS) is 18.5. The molecular weight excluding hydrogens is 355 g/mol. The van der Waals surface area contributed by atoms with E-state index in [2.05, 4.69) is 15.5 Å². The summed E-state index contributed by atoms with van der Waals surface area (Å²) in [4.78, 5) is 14.3. The van der Waals surface area contributed by atoms with Crippen LogP contribution in [0.1, 0.15) is 17.8 Å². The highest BCUT2D eigenvalue weighted by atomic mass is 35.5. The second-order valence-electron chi connectivity index (χ2n) is 5.40. The molecule has 0 bridgehead atoms.